The van der Waals surface area contributed by atoms with Gasteiger partial charge >= 0.3 is 0 Å². The van der Waals surface area contributed by atoms with E-state index in [0.717, 1.165) is 10.0 Å². The molecule has 0 atom stereocenters. The van der Waals surface area contributed by atoms with Crippen LogP contribution in [0.3, 0.4) is 0 Å². The minimum Gasteiger partial charge on any atom is -0.288 e. The molecular formula is C10H8BrNOS. The average Bonchev–Trinajstić information content (AvgIpc) is 2.12. The van der Waals surface area contributed by atoms with E-state index in [1.165, 1.54) is 18.7 Å². The summed E-state index contributed by atoms with van der Waals surface area (Å²) in [6, 6.07) is 1.89. The number of thioether (sulfide) groups is 1. The maximum Gasteiger partial charge on any atom is 0.186 e. The van der Waals surface area contributed by atoms with E-state index in [9.17, 15) is 4.79 Å². The highest BCUT2D eigenvalue weighted by molar-refractivity contribution is 9.10. The van der Waals surface area contributed by atoms with Crippen molar-refractivity contribution in [2.75, 3.05) is 5.75 Å². The molecule has 0 aromatic carbocycles. The molecule has 0 spiro atoms. The van der Waals surface area contributed by atoms with Crippen molar-refractivity contribution in [1.29, 1.82) is 0 Å². The fourth-order valence-corrected chi connectivity index (χ4v) is 1.47. The van der Waals surface area contributed by atoms with E-state index in [0.29, 0.717) is 5.75 Å². The molecule has 1 rings (SSSR count). The van der Waals surface area contributed by atoms with Gasteiger partial charge in [0.05, 0.1) is 5.75 Å². The first kappa shape index (κ1) is 11.3. The molecule has 72 valence electrons. The standard InChI is InChI=1S/C10H8BrNOS/c1-8(13)14-4-2-3-9-5-10(11)7-12-6-9/h5-7H,4H2,1H3. The third kappa shape index (κ3) is 4.45. The summed E-state index contributed by atoms with van der Waals surface area (Å²) in [6.45, 7) is 1.53. The SMILES string of the molecule is CC(=O)SCC#Cc1cncc(Br)c1. The summed E-state index contributed by atoms with van der Waals surface area (Å²) in [6.07, 6.45) is 3.39. The van der Waals surface area contributed by atoms with Gasteiger partial charge in [0.2, 0.25) is 0 Å². The van der Waals surface area contributed by atoms with Crippen molar-refractivity contribution in [2.24, 2.45) is 0 Å². The Labute approximate surface area is 95.6 Å². The Hall–Kier alpha value is -0.790. The molecular weight excluding hydrogens is 262 g/mol. The number of nitrogens with zero attached hydrogens (tertiary/aromatic N) is 1. The number of hydrogen-bond donors (Lipinski definition) is 0. The van der Waals surface area contributed by atoms with Gasteiger partial charge in [-0.25, -0.2) is 0 Å². The Bertz CT molecular complexity index is 395. The van der Waals surface area contributed by atoms with E-state index >= 15 is 0 Å². The Morgan fingerprint density at radius 1 is 1.64 bits per heavy atom. The first-order valence-electron chi connectivity index (χ1n) is 3.91. The smallest absolute Gasteiger partial charge is 0.186 e. The van der Waals surface area contributed by atoms with Gasteiger partial charge in [0.25, 0.3) is 0 Å². The highest BCUT2D eigenvalue weighted by atomic mass is 79.9. The topological polar surface area (TPSA) is 30.0 Å². The van der Waals surface area contributed by atoms with E-state index < -0.39 is 0 Å². The highest BCUT2D eigenvalue weighted by Crippen LogP contribution is 2.08. The molecule has 0 N–H and O–H groups in total. The second-order valence-corrected chi connectivity index (χ2v) is 4.54. The van der Waals surface area contributed by atoms with E-state index in [-0.39, 0.29) is 5.12 Å². The number of hydrogen-bond acceptors (Lipinski definition) is 3. The van der Waals surface area contributed by atoms with Gasteiger partial charge in [-0.1, -0.05) is 23.6 Å². The Balaban J connectivity index is 2.55. The van der Waals surface area contributed by atoms with Crippen LogP contribution >= 0.6 is 27.7 Å². The van der Waals surface area contributed by atoms with Crippen LogP contribution in [0.25, 0.3) is 0 Å². The molecule has 0 fully saturated rings. The van der Waals surface area contributed by atoms with E-state index in [2.05, 4.69) is 32.8 Å². The zero-order valence-electron chi connectivity index (χ0n) is 7.58. The Kier molecular flexibility index (Phi) is 4.71. The summed E-state index contributed by atoms with van der Waals surface area (Å²) in [5.74, 6) is 6.35. The van der Waals surface area contributed by atoms with Gasteiger partial charge in [0.15, 0.2) is 5.12 Å². The van der Waals surface area contributed by atoms with Crippen LogP contribution in [0.4, 0.5) is 0 Å². The first-order valence-corrected chi connectivity index (χ1v) is 5.69. The van der Waals surface area contributed by atoms with Gasteiger partial charge < -0.3 is 0 Å². The summed E-state index contributed by atoms with van der Waals surface area (Å²) >= 11 is 4.51. The van der Waals surface area contributed by atoms with Crippen LogP contribution in [-0.2, 0) is 4.79 Å². The van der Waals surface area contributed by atoms with Gasteiger partial charge in [0, 0.05) is 29.4 Å². The molecule has 0 radical (unpaired) electrons. The lowest BCUT2D eigenvalue weighted by atomic mass is 10.3. The van der Waals surface area contributed by atoms with E-state index in [1.807, 2.05) is 6.07 Å². The van der Waals surface area contributed by atoms with Crippen molar-refractivity contribution in [1.82, 2.24) is 4.98 Å². The summed E-state index contributed by atoms with van der Waals surface area (Å²) in [7, 11) is 0. The average molecular weight is 270 g/mol. The van der Waals surface area contributed by atoms with Crippen molar-refractivity contribution >= 4 is 32.8 Å². The number of carbonyl (C=O) groups is 1. The maximum absolute atomic E-state index is 10.6. The molecule has 0 unspecified atom stereocenters. The van der Waals surface area contributed by atoms with Crippen molar-refractivity contribution in [3.8, 4) is 11.8 Å². The van der Waals surface area contributed by atoms with Gasteiger partial charge in [-0.2, -0.15) is 0 Å². The van der Waals surface area contributed by atoms with Gasteiger partial charge in [-0.3, -0.25) is 9.78 Å². The monoisotopic (exact) mass is 269 g/mol. The van der Waals surface area contributed by atoms with Crippen LogP contribution in [0.15, 0.2) is 22.9 Å². The lowest BCUT2D eigenvalue weighted by molar-refractivity contribution is -0.109. The molecule has 1 heterocycles. The lowest BCUT2D eigenvalue weighted by Gasteiger charge is -1.90. The second kappa shape index (κ2) is 5.84. The van der Waals surface area contributed by atoms with E-state index in [4.69, 9.17) is 0 Å². The molecule has 0 bridgehead atoms. The van der Waals surface area contributed by atoms with Crippen LogP contribution in [-0.4, -0.2) is 15.9 Å². The van der Waals surface area contributed by atoms with Crippen LogP contribution in [0, 0.1) is 11.8 Å². The fourth-order valence-electron chi connectivity index (χ4n) is 0.756. The Morgan fingerprint density at radius 3 is 3.07 bits per heavy atom. The van der Waals surface area contributed by atoms with Crippen molar-refractivity contribution in [2.45, 2.75) is 6.92 Å². The van der Waals surface area contributed by atoms with Crippen molar-refractivity contribution < 1.29 is 4.79 Å². The number of aromatic nitrogens is 1. The molecule has 0 saturated heterocycles. The highest BCUT2D eigenvalue weighted by Gasteiger charge is 1.90. The number of carbonyl (C=O) groups excluding carboxylic acids is 1. The minimum atomic E-state index is 0.0895. The first-order chi connectivity index (χ1) is 6.68. The predicted octanol–water partition coefficient (Wildman–Crippen LogP) is 2.48. The molecule has 0 amide bonds. The predicted molar refractivity (Wildman–Crippen MR) is 62.0 cm³/mol. The molecule has 0 saturated carbocycles. The number of halogens is 1. The van der Waals surface area contributed by atoms with Gasteiger partial charge in [0.1, 0.15) is 0 Å². The third-order valence-corrected chi connectivity index (χ3v) is 2.41. The molecule has 2 nitrogen and oxygen atoms in total. The van der Waals surface area contributed by atoms with Crippen molar-refractivity contribution in [3.05, 3.63) is 28.5 Å². The van der Waals surface area contributed by atoms with Gasteiger partial charge in [-0.15, -0.1) is 0 Å². The number of rotatable bonds is 1. The molecule has 0 aliphatic carbocycles. The van der Waals surface area contributed by atoms with Gasteiger partial charge in [-0.05, 0) is 22.0 Å². The van der Waals surface area contributed by atoms with Crippen molar-refractivity contribution in [3.63, 3.8) is 0 Å². The molecule has 1 aromatic rings. The van der Waals surface area contributed by atoms with Crippen LogP contribution in [0.5, 0.6) is 0 Å². The maximum atomic E-state index is 10.6. The Morgan fingerprint density at radius 2 is 2.43 bits per heavy atom. The minimum absolute atomic E-state index is 0.0895. The lowest BCUT2D eigenvalue weighted by Crippen LogP contribution is -1.83. The van der Waals surface area contributed by atoms with Crippen LogP contribution in [0.2, 0.25) is 0 Å². The molecule has 14 heavy (non-hydrogen) atoms. The largest absolute Gasteiger partial charge is 0.288 e. The quantitative estimate of drug-likeness (QED) is 0.734. The fraction of sp³-hybridized carbons (Fsp3) is 0.200. The summed E-state index contributed by atoms with van der Waals surface area (Å²) < 4.78 is 0.906. The summed E-state index contributed by atoms with van der Waals surface area (Å²) in [4.78, 5) is 14.6. The zero-order chi connectivity index (χ0) is 10.4. The molecule has 1 aromatic heterocycles. The molecule has 0 aliphatic rings. The van der Waals surface area contributed by atoms with E-state index in [1.54, 1.807) is 12.4 Å². The summed E-state index contributed by atoms with van der Waals surface area (Å²) in [5.41, 5.74) is 0.850. The van der Waals surface area contributed by atoms with Crippen LogP contribution in [0.1, 0.15) is 12.5 Å². The second-order valence-electron chi connectivity index (χ2n) is 2.47. The molecule has 4 heteroatoms. The number of pyridine rings is 1. The third-order valence-electron chi connectivity index (χ3n) is 1.29. The summed E-state index contributed by atoms with van der Waals surface area (Å²) in [5, 5.41) is 0.0895. The zero-order valence-corrected chi connectivity index (χ0v) is 9.98. The van der Waals surface area contributed by atoms with Crippen LogP contribution < -0.4 is 0 Å². The normalized spacial score (nSPS) is 9.00. The molecule has 0 aliphatic heterocycles.